The summed E-state index contributed by atoms with van der Waals surface area (Å²) in [5.74, 6) is -0.381. The minimum atomic E-state index is -3.39. The molecule has 0 aliphatic rings. The molecule has 4 aromatic rings. The highest BCUT2D eigenvalue weighted by Crippen LogP contribution is 2.20. The average molecular weight is 410 g/mol. The molecule has 0 radical (unpaired) electrons. The molecule has 2 aromatic heterocycles. The number of halogens is 1. The maximum Gasteiger partial charge on any atom is 0.209 e. The van der Waals surface area contributed by atoms with Gasteiger partial charge in [-0.25, -0.2) is 22.2 Å². The summed E-state index contributed by atoms with van der Waals surface area (Å²) in [6.07, 6.45) is 4.10. The lowest BCUT2D eigenvalue weighted by Crippen LogP contribution is -2.15. The van der Waals surface area contributed by atoms with E-state index in [9.17, 15) is 17.6 Å². The topological polar surface area (TPSA) is 86.9 Å². The summed E-state index contributed by atoms with van der Waals surface area (Å²) in [7, 11) is -3.39. The van der Waals surface area contributed by atoms with Crippen LogP contribution < -0.4 is 5.43 Å². The molecule has 4 rings (SSSR count). The van der Waals surface area contributed by atoms with Gasteiger partial charge in [-0.05, 0) is 48.5 Å². The van der Waals surface area contributed by atoms with Gasteiger partial charge in [0.15, 0.2) is 15.5 Å². The van der Waals surface area contributed by atoms with Crippen molar-refractivity contribution in [1.29, 1.82) is 0 Å². The zero-order valence-electron chi connectivity index (χ0n) is 15.2. The lowest BCUT2D eigenvalue weighted by molar-refractivity contribution is 0.601. The van der Waals surface area contributed by atoms with Crippen LogP contribution in [0.5, 0.6) is 0 Å². The van der Waals surface area contributed by atoms with Gasteiger partial charge in [0.25, 0.3) is 0 Å². The molecule has 0 saturated carbocycles. The zero-order valence-corrected chi connectivity index (χ0v) is 16.0. The molecule has 0 atom stereocenters. The number of hydrogen-bond acceptors (Lipinski definition) is 5. The Morgan fingerprint density at radius 1 is 0.966 bits per heavy atom. The second-order valence-electron chi connectivity index (χ2n) is 6.35. The average Bonchev–Trinajstić information content (AvgIpc) is 3.18. The van der Waals surface area contributed by atoms with E-state index in [1.54, 1.807) is 30.3 Å². The van der Waals surface area contributed by atoms with Gasteiger partial charge >= 0.3 is 0 Å². The van der Waals surface area contributed by atoms with Crippen LogP contribution in [0.4, 0.5) is 4.39 Å². The molecule has 7 nitrogen and oxygen atoms in total. The summed E-state index contributed by atoms with van der Waals surface area (Å²) < 4.78 is 39.8. The molecule has 9 heteroatoms. The van der Waals surface area contributed by atoms with E-state index in [-0.39, 0.29) is 21.8 Å². The van der Waals surface area contributed by atoms with Crippen LogP contribution in [0.1, 0.15) is 0 Å². The molecule has 29 heavy (non-hydrogen) atoms. The van der Waals surface area contributed by atoms with Crippen LogP contribution in [-0.4, -0.2) is 34.2 Å². The van der Waals surface area contributed by atoms with Gasteiger partial charge in [-0.3, -0.25) is 4.79 Å². The number of sulfone groups is 1. The van der Waals surface area contributed by atoms with Crippen molar-refractivity contribution in [3.63, 3.8) is 0 Å². The van der Waals surface area contributed by atoms with E-state index in [1.807, 2.05) is 0 Å². The second-order valence-corrected chi connectivity index (χ2v) is 8.36. The van der Waals surface area contributed by atoms with Crippen molar-refractivity contribution in [3.05, 3.63) is 89.1 Å². The van der Waals surface area contributed by atoms with Crippen LogP contribution >= 0.6 is 0 Å². The summed E-state index contributed by atoms with van der Waals surface area (Å²) in [5.41, 5.74) is 1.28. The van der Waals surface area contributed by atoms with E-state index in [4.69, 9.17) is 0 Å². The molecule has 0 amide bonds. The standard InChI is InChI=1S/C20H15FN4O3S/c1-29(27,28)17-4-2-3-16(13-17)24-12-10-19(26)20(23-24)18-9-11-22-25(18)15-7-5-14(21)6-8-15/h2-13H,1H3. The molecule has 146 valence electrons. The first-order valence-corrected chi connectivity index (χ1v) is 10.4. The van der Waals surface area contributed by atoms with Crippen LogP contribution in [0.25, 0.3) is 22.8 Å². The maximum atomic E-state index is 13.2. The highest BCUT2D eigenvalue weighted by molar-refractivity contribution is 7.90. The Hall–Kier alpha value is -3.59. The molecule has 0 N–H and O–H groups in total. The van der Waals surface area contributed by atoms with Gasteiger partial charge in [0.1, 0.15) is 5.82 Å². The van der Waals surface area contributed by atoms with E-state index >= 15 is 0 Å². The van der Waals surface area contributed by atoms with Crippen molar-refractivity contribution in [1.82, 2.24) is 19.6 Å². The van der Waals surface area contributed by atoms with Crippen LogP contribution in [0.3, 0.4) is 0 Å². The largest absolute Gasteiger partial charge is 0.287 e. The number of benzene rings is 2. The number of hydrogen-bond donors (Lipinski definition) is 0. The monoisotopic (exact) mass is 410 g/mol. The van der Waals surface area contributed by atoms with Gasteiger partial charge in [0.05, 0.1) is 28.2 Å². The molecule has 2 heterocycles. The van der Waals surface area contributed by atoms with E-state index in [0.717, 1.165) is 6.26 Å². The van der Waals surface area contributed by atoms with Gasteiger partial charge in [0.2, 0.25) is 5.43 Å². The molecular formula is C20H15FN4O3S. The van der Waals surface area contributed by atoms with Crippen molar-refractivity contribution >= 4 is 9.84 Å². The van der Waals surface area contributed by atoms with Gasteiger partial charge in [0, 0.05) is 18.5 Å². The van der Waals surface area contributed by atoms with Gasteiger partial charge in [-0.1, -0.05) is 6.07 Å². The molecule has 0 spiro atoms. The Morgan fingerprint density at radius 3 is 2.45 bits per heavy atom. The van der Waals surface area contributed by atoms with Crippen LogP contribution in [0.15, 0.2) is 82.7 Å². The Balaban J connectivity index is 1.84. The fourth-order valence-corrected chi connectivity index (χ4v) is 3.52. The summed E-state index contributed by atoms with van der Waals surface area (Å²) >= 11 is 0. The molecular weight excluding hydrogens is 395 g/mol. The van der Waals surface area contributed by atoms with E-state index in [2.05, 4.69) is 10.2 Å². The first-order valence-electron chi connectivity index (χ1n) is 8.54. The molecule has 0 bridgehead atoms. The smallest absolute Gasteiger partial charge is 0.209 e. The normalized spacial score (nSPS) is 11.5. The van der Waals surface area contributed by atoms with E-state index in [0.29, 0.717) is 17.1 Å². The van der Waals surface area contributed by atoms with Gasteiger partial charge in [-0.15, -0.1) is 0 Å². The lowest BCUT2D eigenvalue weighted by Gasteiger charge is -2.10. The third kappa shape index (κ3) is 3.72. The Bertz CT molecular complexity index is 1360. The SMILES string of the molecule is CS(=O)(=O)c1cccc(-n2ccc(=O)c(-c3ccnn3-c3ccc(F)cc3)n2)c1. The Labute approximate surface area is 165 Å². The Kier molecular flexibility index (Phi) is 4.59. The summed E-state index contributed by atoms with van der Waals surface area (Å²) in [5, 5.41) is 8.60. The summed E-state index contributed by atoms with van der Waals surface area (Å²) in [6, 6.07) is 14.9. The number of rotatable bonds is 4. The first-order chi connectivity index (χ1) is 13.8. The van der Waals surface area contributed by atoms with Crippen molar-refractivity contribution in [2.75, 3.05) is 6.26 Å². The highest BCUT2D eigenvalue weighted by Gasteiger charge is 2.14. The van der Waals surface area contributed by atoms with E-state index in [1.165, 1.54) is 52.1 Å². The molecule has 2 aromatic carbocycles. The minimum absolute atomic E-state index is 0.124. The van der Waals surface area contributed by atoms with Gasteiger partial charge in [-0.2, -0.15) is 10.2 Å². The first kappa shape index (κ1) is 18.8. The lowest BCUT2D eigenvalue weighted by atomic mass is 10.2. The quantitative estimate of drug-likeness (QED) is 0.516. The van der Waals surface area contributed by atoms with Gasteiger partial charge < -0.3 is 0 Å². The molecule has 0 aliphatic carbocycles. The minimum Gasteiger partial charge on any atom is -0.287 e. The maximum absolute atomic E-state index is 13.2. The van der Waals surface area contributed by atoms with Crippen molar-refractivity contribution in [2.24, 2.45) is 0 Å². The van der Waals surface area contributed by atoms with Crippen molar-refractivity contribution in [2.45, 2.75) is 4.90 Å². The van der Waals surface area contributed by atoms with Crippen molar-refractivity contribution in [3.8, 4) is 22.8 Å². The van der Waals surface area contributed by atoms with Crippen LogP contribution in [-0.2, 0) is 9.84 Å². The fraction of sp³-hybridized carbons (Fsp3) is 0.0500. The summed E-state index contributed by atoms with van der Waals surface area (Å²) in [6.45, 7) is 0. The fourth-order valence-electron chi connectivity index (χ4n) is 2.86. The second kappa shape index (κ2) is 7.10. The molecule has 0 aliphatic heterocycles. The number of nitrogens with zero attached hydrogens (tertiary/aromatic N) is 4. The molecule has 0 fully saturated rings. The summed E-state index contributed by atoms with van der Waals surface area (Å²) in [4.78, 5) is 12.6. The van der Waals surface area contributed by atoms with Crippen LogP contribution in [0.2, 0.25) is 0 Å². The third-order valence-electron chi connectivity index (χ3n) is 4.28. The predicted octanol–water partition coefficient (Wildman–Crippen LogP) is 2.63. The van der Waals surface area contributed by atoms with Crippen molar-refractivity contribution < 1.29 is 12.8 Å². The zero-order chi connectivity index (χ0) is 20.6. The predicted molar refractivity (Wildman–Crippen MR) is 105 cm³/mol. The Morgan fingerprint density at radius 2 is 1.72 bits per heavy atom. The molecule has 0 saturated heterocycles. The number of aromatic nitrogens is 4. The molecule has 0 unspecified atom stereocenters. The highest BCUT2D eigenvalue weighted by atomic mass is 32.2. The van der Waals surface area contributed by atoms with E-state index < -0.39 is 9.84 Å². The third-order valence-corrected chi connectivity index (χ3v) is 5.39. The van der Waals surface area contributed by atoms with Crippen LogP contribution in [0, 0.1) is 5.82 Å².